The summed E-state index contributed by atoms with van der Waals surface area (Å²) in [6, 6.07) is -0.267. The number of rotatable bonds is 5. The second-order valence-electron chi connectivity index (χ2n) is 2.35. The third-order valence-electron chi connectivity index (χ3n) is 1.32. The fourth-order valence-electron chi connectivity index (χ4n) is 0.649. The first kappa shape index (κ1) is 10.5. The molecular weight excluding hydrogens is 152 g/mol. The molecule has 0 fully saturated rings. The summed E-state index contributed by atoms with van der Waals surface area (Å²) in [7, 11) is 0. The van der Waals surface area contributed by atoms with Gasteiger partial charge in [0.05, 0.1) is 17.4 Å². The van der Waals surface area contributed by atoms with Crippen molar-refractivity contribution in [2.75, 3.05) is 0 Å². The van der Waals surface area contributed by atoms with Crippen LogP contribution in [0.2, 0.25) is 0 Å². The van der Waals surface area contributed by atoms with E-state index in [9.17, 15) is 4.79 Å². The highest BCUT2D eigenvalue weighted by Gasteiger charge is 2.00. The Morgan fingerprint density at radius 1 is 1.50 bits per heavy atom. The van der Waals surface area contributed by atoms with Crippen LogP contribution in [0.5, 0.6) is 0 Å². The third-order valence-corrected chi connectivity index (χ3v) is 1.32. The Morgan fingerprint density at radius 2 is 2.08 bits per heavy atom. The number of aldehydes is 1. The molecule has 3 heteroatoms. The Hall–Kier alpha value is -1.51. The number of hydrogen-bond acceptors (Lipinski definition) is 3. The van der Waals surface area contributed by atoms with Crippen LogP contribution in [0.3, 0.4) is 0 Å². The lowest BCUT2D eigenvalue weighted by atomic mass is 10.2. The van der Waals surface area contributed by atoms with Gasteiger partial charge in [0.2, 0.25) is 0 Å². The van der Waals surface area contributed by atoms with Crippen molar-refractivity contribution < 1.29 is 4.79 Å². The van der Waals surface area contributed by atoms with Crippen LogP contribution >= 0.6 is 0 Å². The molecule has 12 heavy (non-hydrogen) atoms. The van der Waals surface area contributed by atoms with E-state index in [0.717, 1.165) is 6.29 Å². The minimum atomic E-state index is -0.267. The van der Waals surface area contributed by atoms with E-state index in [2.05, 4.69) is 18.5 Å². The van der Waals surface area contributed by atoms with Crippen LogP contribution in [-0.2, 0) is 4.79 Å². The van der Waals surface area contributed by atoms with E-state index in [0.29, 0.717) is 11.4 Å². The monoisotopic (exact) mass is 166 g/mol. The Morgan fingerprint density at radius 3 is 2.42 bits per heavy atom. The fraction of sp³-hybridized carbons (Fsp3) is 0.222. The predicted molar refractivity (Wildman–Crippen MR) is 50.3 cm³/mol. The summed E-state index contributed by atoms with van der Waals surface area (Å²) in [4.78, 5) is 10.3. The quantitative estimate of drug-likeness (QED) is 0.467. The molecule has 0 rings (SSSR count). The molecular formula is C9H14N2O. The maximum atomic E-state index is 10.3. The maximum absolute atomic E-state index is 10.3. The second kappa shape index (κ2) is 5.18. The first-order chi connectivity index (χ1) is 5.65. The molecule has 0 aliphatic rings. The first-order valence-corrected chi connectivity index (χ1v) is 3.62. The molecule has 0 aromatic heterocycles. The van der Waals surface area contributed by atoms with Gasteiger partial charge in [0.15, 0.2) is 0 Å². The Balaban J connectivity index is 4.46. The van der Waals surface area contributed by atoms with Gasteiger partial charge in [0, 0.05) is 0 Å². The lowest BCUT2D eigenvalue weighted by molar-refractivity contribution is -0.109. The minimum Gasteiger partial charge on any atom is -0.397 e. The highest BCUT2D eigenvalue weighted by molar-refractivity contribution is 5.57. The highest BCUT2D eigenvalue weighted by Crippen LogP contribution is 1.97. The summed E-state index contributed by atoms with van der Waals surface area (Å²) in [6.07, 6.45) is 3.85. The van der Waals surface area contributed by atoms with Gasteiger partial charge < -0.3 is 15.8 Å². The van der Waals surface area contributed by atoms with E-state index < -0.39 is 0 Å². The zero-order chi connectivity index (χ0) is 9.56. The molecule has 0 aliphatic heterocycles. The topological polar surface area (TPSA) is 55.1 Å². The molecule has 0 radical (unpaired) electrons. The molecule has 1 atom stereocenters. The number of nitrogens with two attached hydrogens (primary N) is 1. The molecule has 0 aliphatic carbocycles. The lowest BCUT2D eigenvalue weighted by Gasteiger charge is -2.10. The van der Waals surface area contributed by atoms with Crippen LogP contribution in [0, 0.1) is 0 Å². The van der Waals surface area contributed by atoms with Gasteiger partial charge in [0.25, 0.3) is 0 Å². The zero-order valence-corrected chi connectivity index (χ0v) is 7.21. The average Bonchev–Trinajstić information content (AvgIpc) is 2.12. The summed E-state index contributed by atoms with van der Waals surface area (Å²) in [5.41, 5.74) is 6.66. The molecule has 0 heterocycles. The van der Waals surface area contributed by atoms with Crippen LogP contribution in [0.4, 0.5) is 0 Å². The molecule has 0 aromatic carbocycles. The molecule has 0 bridgehead atoms. The van der Waals surface area contributed by atoms with Gasteiger partial charge in [0.1, 0.15) is 6.29 Å². The molecule has 0 saturated carbocycles. The lowest BCUT2D eigenvalue weighted by Crippen LogP contribution is -2.27. The number of allylic oxidation sites excluding steroid dienone is 2. The molecule has 0 saturated heterocycles. The summed E-state index contributed by atoms with van der Waals surface area (Å²) in [5.74, 6) is 0. The Labute approximate surface area is 72.6 Å². The van der Waals surface area contributed by atoms with E-state index in [1.54, 1.807) is 13.0 Å². The van der Waals surface area contributed by atoms with Crippen molar-refractivity contribution >= 4 is 6.29 Å². The average molecular weight is 166 g/mol. The molecule has 66 valence electrons. The number of hydrogen-bond donors (Lipinski definition) is 2. The van der Waals surface area contributed by atoms with Gasteiger partial charge in [-0.2, -0.15) is 0 Å². The molecule has 1 unspecified atom stereocenters. The van der Waals surface area contributed by atoms with Crippen molar-refractivity contribution in [1.82, 2.24) is 5.32 Å². The van der Waals surface area contributed by atoms with Gasteiger partial charge in [-0.3, -0.25) is 0 Å². The van der Waals surface area contributed by atoms with Crippen molar-refractivity contribution in [1.29, 1.82) is 0 Å². The summed E-state index contributed by atoms with van der Waals surface area (Å²) < 4.78 is 0. The normalized spacial score (nSPS) is 14.1. The maximum Gasteiger partial charge on any atom is 0.141 e. The van der Waals surface area contributed by atoms with Crippen LogP contribution < -0.4 is 11.1 Å². The predicted octanol–water partition coefficient (Wildman–Crippen LogP) is 0.706. The molecule has 0 amide bonds. The molecule has 3 nitrogen and oxygen atoms in total. The van der Waals surface area contributed by atoms with Gasteiger partial charge in [-0.25, -0.2) is 0 Å². The molecule has 0 aromatic rings. The van der Waals surface area contributed by atoms with E-state index in [4.69, 9.17) is 5.73 Å². The number of carbonyl (C=O) groups excluding carboxylic acids is 1. The van der Waals surface area contributed by atoms with Crippen LogP contribution in [-0.4, -0.2) is 12.3 Å². The third kappa shape index (κ3) is 3.05. The van der Waals surface area contributed by atoms with Gasteiger partial charge in [-0.1, -0.05) is 13.2 Å². The van der Waals surface area contributed by atoms with Gasteiger partial charge in [-0.15, -0.1) is 0 Å². The first-order valence-electron chi connectivity index (χ1n) is 3.62. The van der Waals surface area contributed by atoms with Crippen molar-refractivity contribution in [2.24, 2.45) is 5.73 Å². The highest BCUT2D eigenvalue weighted by atomic mass is 16.1. The summed E-state index contributed by atoms with van der Waals surface area (Å²) in [6.45, 7) is 8.79. The van der Waals surface area contributed by atoms with Crippen molar-refractivity contribution in [3.8, 4) is 0 Å². The minimum absolute atomic E-state index is 0.267. The van der Waals surface area contributed by atoms with Crippen LogP contribution in [0.25, 0.3) is 0 Å². The molecule has 3 N–H and O–H groups in total. The van der Waals surface area contributed by atoms with Gasteiger partial charge >= 0.3 is 0 Å². The zero-order valence-electron chi connectivity index (χ0n) is 7.21. The van der Waals surface area contributed by atoms with Crippen molar-refractivity contribution in [2.45, 2.75) is 13.0 Å². The van der Waals surface area contributed by atoms with Crippen LogP contribution in [0.1, 0.15) is 6.92 Å². The molecule has 0 spiro atoms. The second-order valence-corrected chi connectivity index (χ2v) is 2.35. The number of nitrogens with one attached hydrogen (secondary N) is 1. The van der Waals surface area contributed by atoms with E-state index >= 15 is 0 Å². The van der Waals surface area contributed by atoms with E-state index in [-0.39, 0.29) is 6.04 Å². The van der Waals surface area contributed by atoms with Crippen molar-refractivity contribution in [3.05, 3.63) is 36.7 Å². The Kier molecular flexibility index (Phi) is 4.53. The SMILES string of the molecule is C=C/C(N)=C(\C=C)NC(C)C=O. The summed E-state index contributed by atoms with van der Waals surface area (Å²) in [5, 5.41) is 2.86. The van der Waals surface area contributed by atoms with E-state index in [1.807, 2.05) is 0 Å². The largest absolute Gasteiger partial charge is 0.397 e. The smallest absolute Gasteiger partial charge is 0.141 e. The van der Waals surface area contributed by atoms with E-state index in [1.165, 1.54) is 6.08 Å². The van der Waals surface area contributed by atoms with Crippen LogP contribution in [0.15, 0.2) is 36.7 Å². The Bertz CT molecular complexity index is 219. The fourth-order valence-corrected chi connectivity index (χ4v) is 0.649. The summed E-state index contributed by atoms with van der Waals surface area (Å²) >= 11 is 0. The van der Waals surface area contributed by atoms with Gasteiger partial charge in [-0.05, 0) is 19.1 Å². The standard InChI is InChI=1S/C9H14N2O/c1-4-8(10)9(5-2)11-7(3)6-12/h4-7,11H,1-2,10H2,3H3/b9-8-. The van der Waals surface area contributed by atoms with Crippen molar-refractivity contribution in [3.63, 3.8) is 0 Å². The number of carbonyl (C=O) groups is 1.